The maximum atomic E-state index is 15.1. The van der Waals surface area contributed by atoms with Crippen molar-refractivity contribution in [1.29, 1.82) is 5.26 Å². The van der Waals surface area contributed by atoms with Gasteiger partial charge in [-0.2, -0.15) is 5.26 Å². The Labute approximate surface area is 246 Å². The molecule has 41 heavy (non-hydrogen) atoms. The topological polar surface area (TPSA) is 83.9 Å². The summed E-state index contributed by atoms with van der Waals surface area (Å²) >= 11 is 0. The predicted molar refractivity (Wildman–Crippen MR) is 156 cm³/mol. The molecule has 9 heteroatoms. The summed E-state index contributed by atoms with van der Waals surface area (Å²) in [7, 11) is 2.19. The molecule has 3 aliphatic heterocycles. The normalized spacial score (nSPS) is 43.7. The van der Waals surface area contributed by atoms with Crippen LogP contribution in [0, 0.1) is 34.5 Å². The van der Waals surface area contributed by atoms with Gasteiger partial charge in [-0.25, -0.2) is 4.39 Å². The molecule has 6 aliphatic rings. The van der Waals surface area contributed by atoms with Gasteiger partial charge in [0.05, 0.1) is 31.3 Å². The largest absolute Gasteiger partial charge is 0.348 e. The molecule has 0 aromatic heterocycles. The summed E-state index contributed by atoms with van der Waals surface area (Å²) in [4.78, 5) is 19.2. The molecular weight excluding hydrogens is 519 g/mol. The van der Waals surface area contributed by atoms with Crippen LogP contribution in [0.2, 0.25) is 0 Å². The van der Waals surface area contributed by atoms with Gasteiger partial charge < -0.3 is 14.5 Å². The third-order valence-electron chi connectivity index (χ3n) is 11.9. The SMILES string of the molecule is C=CC(=O)N1CCN(C2NC(OCC3CCCN3C)NC3CC4(CCC5CCCC(F)C5C4)CCC32)CC1CC#N. The lowest BCUT2D eigenvalue weighted by Gasteiger charge is -2.58. The van der Waals surface area contributed by atoms with Gasteiger partial charge in [0.2, 0.25) is 5.91 Å². The smallest absolute Gasteiger partial charge is 0.246 e. The van der Waals surface area contributed by atoms with Crippen molar-refractivity contribution in [3.8, 4) is 6.07 Å². The number of nitriles is 1. The van der Waals surface area contributed by atoms with Gasteiger partial charge in [0, 0.05) is 37.6 Å². The fraction of sp³-hybridized carbons (Fsp3) is 0.875. The number of alkyl halides is 1. The summed E-state index contributed by atoms with van der Waals surface area (Å²) in [5, 5.41) is 17.3. The molecule has 0 aromatic carbocycles. The van der Waals surface area contributed by atoms with Gasteiger partial charge in [0.1, 0.15) is 6.17 Å². The molecule has 3 saturated carbocycles. The maximum absolute atomic E-state index is 15.1. The van der Waals surface area contributed by atoms with Crippen LogP contribution in [0.15, 0.2) is 12.7 Å². The molecule has 3 saturated heterocycles. The van der Waals surface area contributed by atoms with Crippen molar-refractivity contribution in [3.63, 3.8) is 0 Å². The zero-order chi connectivity index (χ0) is 28.6. The van der Waals surface area contributed by atoms with E-state index >= 15 is 4.39 Å². The first kappa shape index (κ1) is 29.5. The molecular formula is C32H51FN6O2. The first-order chi connectivity index (χ1) is 19.9. The molecule has 228 valence electrons. The highest BCUT2D eigenvalue weighted by Gasteiger charge is 2.52. The second-order valence-electron chi connectivity index (χ2n) is 14.1. The van der Waals surface area contributed by atoms with Crippen LogP contribution in [0.1, 0.15) is 77.0 Å². The van der Waals surface area contributed by atoms with Crippen molar-refractivity contribution in [2.45, 2.75) is 114 Å². The Hall–Kier alpha value is -1.57. The fourth-order valence-electron chi connectivity index (χ4n) is 9.62. The Morgan fingerprint density at radius 1 is 1.07 bits per heavy atom. The van der Waals surface area contributed by atoms with Crippen LogP contribution >= 0.6 is 0 Å². The van der Waals surface area contributed by atoms with Gasteiger partial charge in [-0.05, 0) is 101 Å². The summed E-state index contributed by atoms with van der Waals surface area (Å²) in [6.07, 6.45) is 13.2. The number of amides is 1. The molecule has 0 bridgehead atoms. The number of rotatable bonds is 6. The molecule has 1 amide bonds. The Morgan fingerprint density at radius 2 is 1.93 bits per heavy atom. The number of halogens is 1. The molecule has 0 aromatic rings. The lowest BCUT2D eigenvalue weighted by atomic mass is 9.54. The number of nitrogens with zero attached hydrogens (tertiary/aromatic N) is 4. The van der Waals surface area contributed by atoms with E-state index in [1.807, 2.05) is 4.90 Å². The molecule has 6 rings (SSSR count). The summed E-state index contributed by atoms with van der Waals surface area (Å²) in [5.74, 6) is 1.15. The zero-order valence-electron chi connectivity index (χ0n) is 25.0. The standard InChI is InChI=1S/C32H51FN6O2/c1-3-29(40)39-17-16-38(20-23(39)11-14-34)30-25-10-13-32(12-9-22-6-4-8-27(33)26(22)18-32)19-28(25)35-31(36-30)41-21-24-7-5-15-37(24)2/h3,22-28,30-31,35-36H,1,4-13,15-21H2,2H3. The van der Waals surface area contributed by atoms with Gasteiger partial charge in [-0.3, -0.25) is 20.3 Å². The Kier molecular flexibility index (Phi) is 9.05. The minimum atomic E-state index is -0.622. The van der Waals surface area contributed by atoms with Gasteiger partial charge in [-0.15, -0.1) is 0 Å². The number of piperazine rings is 1. The number of carbonyl (C=O) groups is 1. The van der Waals surface area contributed by atoms with E-state index in [4.69, 9.17) is 4.74 Å². The first-order valence-corrected chi connectivity index (χ1v) is 16.4. The summed E-state index contributed by atoms with van der Waals surface area (Å²) in [6, 6.07) is 2.92. The van der Waals surface area contributed by atoms with Crippen LogP contribution in [0.4, 0.5) is 4.39 Å². The van der Waals surface area contributed by atoms with E-state index in [2.05, 4.69) is 40.1 Å². The van der Waals surface area contributed by atoms with Crippen molar-refractivity contribution >= 4 is 5.91 Å². The minimum Gasteiger partial charge on any atom is -0.348 e. The van der Waals surface area contributed by atoms with Crippen molar-refractivity contribution in [2.75, 3.05) is 39.8 Å². The predicted octanol–water partition coefficient (Wildman–Crippen LogP) is 3.61. The van der Waals surface area contributed by atoms with Crippen LogP contribution in [0.25, 0.3) is 0 Å². The van der Waals surface area contributed by atoms with E-state index in [0.717, 1.165) is 45.2 Å². The third kappa shape index (κ3) is 6.10. The highest BCUT2D eigenvalue weighted by Crippen LogP contribution is 2.56. The number of likely N-dealkylation sites (tertiary alicyclic amines) is 1. The Morgan fingerprint density at radius 3 is 2.71 bits per heavy atom. The number of nitrogens with one attached hydrogen (secondary N) is 2. The number of likely N-dealkylation sites (N-methyl/N-ethyl adjacent to an activating group) is 1. The summed E-state index contributed by atoms with van der Waals surface area (Å²) in [6.45, 7) is 7.54. The molecule has 10 atom stereocenters. The molecule has 3 aliphatic carbocycles. The number of hydrogen-bond acceptors (Lipinski definition) is 7. The van der Waals surface area contributed by atoms with Crippen molar-refractivity contribution in [2.24, 2.45) is 23.2 Å². The van der Waals surface area contributed by atoms with Crippen molar-refractivity contribution in [1.82, 2.24) is 25.3 Å². The van der Waals surface area contributed by atoms with Gasteiger partial charge >= 0.3 is 0 Å². The Balaban J connectivity index is 1.19. The van der Waals surface area contributed by atoms with Crippen molar-refractivity contribution < 1.29 is 13.9 Å². The van der Waals surface area contributed by atoms with E-state index in [-0.39, 0.29) is 35.8 Å². The number of carbonyl (C=O) groups excluding carboxylic acids is 1. The fourth-order valence-corrected chi connectivity index (χ4v) is 9.62. The summed E-state index contributed by atoms with van der Waals surface area (Å²) in [5.41, 5.74) is 0.230. The van der Waals surface area contributed by atoms with Crippen LogP contribution in [0.5, 0.6) is 0 Å². The average molecular weight is 571 g/mol. The second kappa shape index (κ2) is 12.6. The molecule has 3 heterocycles. The van der Waals surface area contributed by atoms with E-state index in [1.165, 1.54) is 44.6 Å². The highest BCUT2D eigenvalue weighted by atomic mass is 19.1. The third-order valence-corrected chi connectivity index (χ3v) is 11.9. The van der Waals surface area contributed by atoms with E-state index in [1.54, 1.807) is 0 Å². The van der Waals surface area contributed by atoms with E-state index in [9.17, 15) is 10.1 Å². The first-order valence-electron chi connectivity index (χ1n) is 16.4. The quantitative estimate of drug-likeness (QED) is 0.472. The van der Waals surface area contributed by atoms with Crippen molar-refractivity contribution in [3.05, 3.63) is 12.7 Å². The summed E-state index contributed by atoms with van der Waals surface area (Å²) < 4.78 is 21.7. The second-order valence-corrected chi connectivity index (χ2v) is 14.1. The van der Waals surface area contributed by atoms with Gasteiger partial charge in [0.15, 0.2) is 6.35 Å². The van der Waals surface area contributed by atoms with Crippen LogP contribution in [-0.4, -0.2) is 97.3 Å². The Bertz CT molecular complexity index is 992. The molecule has 10 unspecified atom stereocenters. The average Bonchev–Trinajstić information content (AvgIpc) is 3.40. The monoisotopic (exact) mass is 570 g/mol. The van der Waals surface area contributed by atoms with Gasteiger partial charge in [0.25, 0.3) is 0 Å². The molecule has 1 spiro atoms. The van der Waals surface area contributed by atoms with E-state index < -0.39 is 6.17 Å². The highest BCUT2D eigenvalue weighted by molar-refractivity contribution is 5.87. The zero-order valence-corrected chi connectivity index (χ0v) is 25.0. The number of fused-ring (bicyclic) bond motifs is 2. The van der Waals surface area contributed by atoms with Gasteiger partial charge in [-0.1, -0.05) is 13.0 Å². The lowest BCUT2D eigenvalue weighted by molar-refractivity contribution is -0.139. The van der Waals surface area contributed by atoms with Crippen LogP contribution in [0.3, 0.4) is 0 Å². The number of hydrogen-bond donors (Lipinski definition) is 2. The van der Waals surface area contributed by atoms with E-state index in [0.29, 0.717) is 50.0 Å². The molecule has 2 N–H and O–H groups in total. The van der Waals surface area contributed by atoms with Crippen LogP contribution < -0.4 is 10.6 Å². The maximum Gasteiger partial charge on any atom is 0.246 e. The van der Waals surface area contributed by atoms with Crippen LogP contribution in [-0.2, 0) is 9.53 Å². The minimum absolute atomic E-state index is 0.0907. The number of ether oxygens (including phenoxy) is 1. The molecule has 6 fully saturated rings. The molecule has 0 radical (unpaired) electrons. The molecule has 8 nitrogen and oxygen atoms in total. The lowest BCUT2D eigenvalue weighted by Crippen LogP contribution is -2.72.